The van der Waals surface area contributed by atoms with E-state index in [0.29, 0.717) is 5.56 Å². The number of carbonyl (C=O) groups is 2. The van der Waals surface area contributed by atoms with Gasteiger partial charge in [0.25, 0.3) is 5.91 Å². The highest BCUT2D eigenvalue weighted by Gasteiger charge is 2.30. The number of ether oxygens (including phenoxy) is 1. The molecule has 156 valence electrons. The summed E-state index contributed by atoms with van der Waals surface area (Å²) in [6.45, 7) is 0.494. The fraction of sp³-hybridized carbons (Fsp3) is 0.238. The topological polar surface area (TPSA) is 99.8 Å². The van der Waals surface area contributed by atoms with Crippen molar-refractivity contribution in [1.29, 1.82) is 0 Å². The number of rotatable bonds is 5. The van der Waals surface area contributed by atoms with E-state index in [2.05, 4.69) is 4.98 Å². The van der Waals surface area contributed by atoms with Crippen LogP contribution in [0.15, 0.2) is 65.7 Å². The van der Waals surface area contributed by atoms with Crippen molar-refractivity contribution in [2.75, 3.05) is 32.8 Å². The van der Waals surface area contributed by atoms with Gasteiger partial charge in [-0.2, -0.15) is 4.31 Å². The summed E-state index contributed by atoms with van der Waals surface area (Å²) in [5, 5.41) is 0.731. The minimum Gasteiger partial charge on any atom is -0.452 e. The number of H-pyrrole nitrogens is 1. The van der Waals surface area contributed by atoms with Crippen LogP contribution in [-0.4, -0.2) is 67.3 Å². The van der Waals surface area contributed by atoms with Gasteiger partial charge in [-0.25, -0.2) is 13.2 Å². The van der Waals surface area contributed by atoms with Crippen molar-refractivity contribution in [1.82, 2.24) is 14.2 Å². The third-order valence-electron chi connectivity index (χ3n) is 5.11. The van der Waals surface area contributed by atoms with Crippen LogP contribution in [-0.2, 0) is 19.6 Å². The predicted molar refractivity (Wildman–Crippen MR) is 110 cm³/mol. The van der Waals surface area contributed by atoms with E-state index in [4.69, 9.17) is 4.74 Å². The van der Waals surface area contributed by atoms with Gasteiger partial charge in [-0.05, 0) is 18.2 Å². The Bertz CT molecular complexity index is 1170. The number of aromatic nitrogens is 1. The largest absolute Gasteiger partial charge is 0.452 e. The first-order valence-corrected chi connectivity index (χ1v) is 11.0. The van der Waals surface area contributed by atoms with Crippen molar-refractivity contribution in [2.24, 2.45) is 0 Å². The molecule has 4 rings (SSSR count). The summed E-state index contributed by atoms with van der Waals surface area (Å²) in [6.07, 6.45) is 1.56. The smallest absolute Gasteiger partial charge is 0.340 e. The second kappa shape index (κ2) is 8.29. The molecular weight excluding hydrogens is 406 g/mol. The van der Waals surface area contributed by atoms with Gasteiger partial charge in [0.2, 0.25) is 10.0 Å². The molecule has 9 heteroatoms. The summed E-state index contributed by atoms with van der Waals surface area (Å²) in [5.41, 5.74) is 1.18. The van der Waals surface area contributed by atoms with Crippen LogP contribution < -0.4 is 0 Å². The molecule has 0 bridgehead atoms. The molecule has 8 nitrogen and oxygen atoms in total. The lowest BCUT2D eigenvalue weighted by molar-refractivity contribution is -0.135. The van der Waals surface area contributed by atoms with Crippen molar-refractivity contribution >= 4 is 32.8 Å². The fourth-order valence-corrected chi connectivity index (χ4v) is 4.90. The van der Waals surface area contributed by atoms with E-state index in [1.807, 2.05) is 18.2 Å². The molecule has 0 radical (unpaired) electrons. The number of hydrogen-bond acceptors (Lipinski definition) is 5. The third-order valence-corrected chi connectivity index (χ3v) is 7.02. The maximum atomic E-state index is 12.7. The second-order valence-corrected chi connectivity index (χ2v) is 8.86. The average molecular weight is 427 g/mol. The Morgan fingerprint density at radius 3 is 2.33 bits per heavy atom. The lowest BCUT2D eigenvalue weighted by atomic mass is 10.2. The van der Waals surface area contributed by atoms with E-state index < -0.39 is 16.0 Å². The molecule has 3 aromatic rings. The number of carbonyl (C=O) groups excluding carboxylic acids is 2. The number of nitrogens with one attached hydrogen (secondary N) is 1. The fourth-order valence-electron chi connectivity index (χ4n) is 3.46. The first kappa shape index (κ1) is 20.1. The van der Waals surface area contributed by atoms with E-state index in [1.165, 1.54) is 9.21 Å². The second-order valence-electron chi connectivity index (χ2n) is 6.92. The van der Waals surface area contributed by atoms with Gasteiger partial charge in [0.15, 0.2) is 6.61 Å². The average Bonchev–Trinajstić information content (AvgIpc) is 3.22. The maximum absolute atomic E-state index is 12.7. The molecule has 30 heavy (non-hydrogen) atoms. The molecule has 0 atom stereocenters. The molecule has 0 saturated carbocycles. The zero-order valence-electron chi connectivity index (χ0n) is 16.2. The molecule has 1 aliphatic heterocycles. The number of fused-ring (bicyclic) bond motifs is 1. The van der Waals surface area contributed by atoms with E-state index in [1.54, 1.807) is 42.6 Å². The normalized spacial score (nSPS) is 15.3. The highest BCUT2D eigenvalue weighted by Crippen LogP contribution is 2.19. The summed E-state index contributed by atoms with van der Waals surface area (Å²) in [5.74, 6) is -0.925. The first-order chi connectivity index (χ1) is 14.5. The molecular formula is C21H21N3O5S. The highest BCUT2D eigenvalue weighted by atomic mass is 32.2. The Morgan fingerprint density at radius 1 is 0.933 bits per heavy atom. The number of piperazine rings is 1. The van der Waals surface area contributed by atoms with E-state index in [9.17, 15) is 18.0 Å². The molecule has 1 aliphatic rings. The van der Waals surface area contributed by atoms with Crippen LogP contribution in [0, 0.1) is 0 Å². The summed E-state index contributed by atoms with van der Waals surface area (Å²) < 4.78 is 31.9. The van der Waals surface area contributed by atoms with Gasteiger partial charge in [-0.1, -0.05) is 36.4 Å². The van der Waals surface area contributed by atoms with Crippen LogP contribution in [0.1, 0.15) is 10.4 Å². The van der Waals surface area contributed by atoms with Crippen LogP contribution in [0.5, 0.6) is 0 Å². The van der Waals surface area contributed by atoms with Crippen LogP contribution in [0.3, 0.4) is 0 Å². The van der Waals surface area contributed by atoms with Crippen molar-refractivity contribution in [3.8, 4) is 0 Å². The van der Waals surface area contributed by atoms with Crippen LogP contribution in [0.4, 0.5) is 0 Å². The highest BCUT2D eigenvalue weighted by molar-refractivity contribution is 7.89. The third kappa shape index (κ3) is 3.94. The van der Waals surface area contributed by atoms with Gasteiger partial charge < -0.3 is 14.6 Å². The Morgan fingerprint density at radius 2 is 1.60 bits per heavy atom. The van der Waals surface area contributed by atoms with Gasteiger partial charge in [-0.15, -0.1) is 0 Å². The first-order valence-electron chi connectivity index (χ1n) is 9.53. The van der Waals surface area contributed by atoms with E-state index >= 15 is 0 Å². The van der Waals surface area contributed by atoms with Gasteiger partial charge >= 0.3 is 5.97 Å². The lowest BCUT2D eigenvalue weighted by Crippen LogP contribution is -2.51. The number of esters is 1. The van der Waals surface area contributed by atoms with Crippen LogP contribution >= 0.6 is 0 Å². The predicted octanol–water partition coefficient (Wildman–Crippen LogP) is 1.86. The monoisotopic (exact) mass is 427 g/mol. The van der Waals surface area contributed by atoms with Crippen LogP contribution in [0.25, 0.3) is 10.9 Å². The van der Waals surface area contributed by atoms with Gasteiger partial charge in [0.1, 0.15) is 0 Å². The summed E-state index contributed by atoms with van der Waals surface area (Å²) in [7, 11) is -3.58. The summed E-state index contributed by atoms with van der Waals surface area (Å²) in [6, 6.07) is 15.5. The molecule has 2 heterocycles. The zero-order valence-corrected chi connectivity index (χ0v) is 17.0. The molecule has 1 N–H and O–H groups in total. The number of sulfonamides is 1. The number of hydrogen-bond donors (Lipinski definition) is 1. The van der Waals surface area contributed by atoms with Crippen molar-refractivity contribution in [2.45, 2.75) is 4.90 Å². The standard InChI is InChI=1S/C21H21N3O5S/c25-20(15-29-21(26)18-14-22-19-9-5-4-8-17(18)19)23-10-12-24(13-11-23)30(27,28)16-6-2-1-3-7-16/h1-9,14,22H,10-13,15H2. The number of amides is 1. The molecule has 1 fully saturated rings. The number of aromatic amines is 1. The Labute approximate surface area is 174 Å². The molecule has 0 aliphatic carbocycles. The molecule has 0 unspecified atom stereocenters. The summed E-state index contributed by atoms with van der Waals surface area (Å²) >= 11 is 0. The van der Waals surface area contributed by atoms with Crippen molar-refractivity contribution in [3.63, 3.8) is 0 Å². The molecule has 1 aromatic heterocycles. The summed E-state index contributed by atoms with van der Waals surface area (Å²) in [4.78, 5) is 29.5. The van der Waals surface area contributed by atoms with Crippen molar-refractivity contribution < 1.29 is 22.7 Å². The molecule has 0 spiro atoms. The van der Waals surface area contributed by atoms with E-state index in [0.717, 1.165) is 10.9 Å². The van der Waals surface area contributed by atoms with Gasteiger partial charge in [0, 0.05) is 43.3 Å². The van der Waals surface area contributed by atoms with Crippen LogP contribution in [0.2, 0.25) is 0 Å². The number of para-hydroxylation sites is 1. The Kier molecular flexibility index (Phi) is 5.56. The lowest BCUT2D eigenvalue weighted by Gasteiger charge is -2.33. The minimum atomic E-state index is -3.58. The number of benzene rings is 2. The quantitative estimate of drug-likeness (QED) is 0.627. The molecule has 1 amide bonds. The SMILES string of the molecule is O=C(OCC(=O)N1CCN(S(=O)(=O)c2ccccc2)CC1)c1c[nH]c2ccccc12. The van der Waals surface area contributed by atoms with E-state index in [-0.39, 0.29) is 43.6 Å². The number of nitrogens with zero attached hydrogens (tertiary/aromatic N) is 2. The minimum absolute atomic E-state index is 0.194. The van der Waals surface area contributed by atoms with Gasteiger partial charge in [0.05, 0.1) is 10.5 Å². The van der Waals surface area contributed by atoms with Crippen molar-refractivity contribution in [3.05, 3.63) is 66.4 Å². The maximum Gasteiger partial charge on any atom is 0.340 e. The van der Waals surface area contributed by atoms with Gasteiger partial charge in [-0.3, -0.25) is 4.79 Å². The molecule has 2 aromatic carbocycles. The Balaban J connectivity index is 1.32. The zero-order chi connectivity index (χ0) is 21.1. The molecule has 1 saturated heterocycles. The Hall–Kier alpha value is -3.17.